The van der Waals surface area contributed by atoms with Crippen molar-refractivity contribution in [2.75, 3.05) is 32.8 Å². The monoisotopic (exact) mass is 253 g/mol. The molecule has 0 unspecified atom stereocenters. The highest BCUT2D eigenvalue weighted by molar-refractivity contribution is 5.92. The number of hydrogen-bond donors (Lipinski definition) is 1. The number of benzene rings is 1. The summed E-state index contributed by atoms with van der Waals surface area (Å²) < 4.78 is 15.4. The Morgan fingerprint density at radius 2 is 2.06 bits per heavy atom. The summed E-state index contributed by atoms with van der Waals surface area (Å²) in [4.78, 5) is 11.6. The van der Waals surface area contributed by atoms with Crippen LogP contribution in [0, 0.1) is 0 Å². The fraction of sp³-hybridized carbons (Fsp3) is 0.462. The van der Waals surface area contributed by atoms with Crippen LogP contribution in [0.5, 0.6) is 11.5 Å². The van der Waals surface area contributed by atoms with Gasteiger partial charge in [-0.1, -0.05) is 0 Å². The van der Waals surface area contributed by atoms with Gasteiger partial charge < -0.3 is 19.5 Å². The van der Waals surface area contributed by atoms with Crippen LogP contribution >= 0.6 is 0 Å². The van der Waals surface area contributed by atoms with E-state index in [4.69, 9.17) is 14.2 Å². The molecular formula is C13H19NO4. The van der Waals surface area contributed by atoms with Crippen LogP contribution in [0.25, 0.3) is 0 Å². The van der Waals surface area contributed by atoms with Gasteiger partial charge in [-0.2, -0.15) is 0 Å². The summed E-state index contributed by atoms with van der Waals surface area (Å²) in [7, 11) is 3.12. The molecule has 0 radical (unpaired) electrons. The largest absolute Gasteiger partial charge is 0.497 e. The third kappa shape index (κ3) is 4.25. The minimum Gasteiger partial charge on any atom is -0.497 e. The zero-order valence-electron chi connectivity index (χ0n) is 11.0. The van der Waals surface area contributed by atoms with E-state index in [9.17, 15) is 4.79 Å². The average Bonchev–Trinajstić information content (AvgIpc) is 2.39. The van der Waals surface area contributed by atoms with Gasteiger partial charge in [-0.15, -0.1) is 0 Å². The summed E-state index contributed by atoms with van der Waals surface area (Å²) in [6.45, 7) is 2.92. The Kier molecular flexibility index (Phi) is 6.00. The maximum Gasteiger partial charge on any atom is 0.226 e. The first-order valence-corrected chi connectivity index (χ1v) is 5.80. The van der Waals surface area contributed by atoms with Crippen molar-refractivity contribution in [2.24, 2.45) is 0 Å². The number of ether oxygens (including phenoxy) is 3. The van der Waals surface area contributed by atoms with Crippen LogP contribution in [0.15, 0.2) is 18.2 Å². The molecular weight excluding hydrogens is 234 g/mol. The summed E-state index contributed by atoms with van der Waals surface area (Å²) in [5.41, 5.74) is 0.625. The molecule has 0 saturated heterocycles. The van der Waals surface area contributed by atoms with Crippen LogP contribution in [-0.2, 0) is 9.53 Å². The SMILES string of the molecule is CCOCCC(=O)Nc1ccc(OC)cc1OC. The van der Waals surface area contributed by atoms with Crippen LogP contribution in [-0.4, -0.2) is 33.3 Å². The second-order valence-corrected chi connectivity index (χ2v) is 3.56. The van der Waals surface area contributed by atoms with E-state index in [0.29, 0.717) is 36.8 Å². The molecule has 0 aliphatic rings. The van der Waals surface area contributed by atoms with Gasteiger partial charge in [0.2, 0.25) is 5.91 Å². The first-order chi connectivity index (χ1) is 8.71. The molecule has 0 heterocycles. The van der Waals surface area contributed by atoms with Crippen molar-refractivity contribution in [1.82, 2.24) is 0 Å². The molecule has 1 N–H and O–H groups in total. The van der Waals surface area contributed by atoms with Gasteiger partial charge in [0.1, 0.15) is 11.5 Å². The number of methoxy groups -OCH3 is 2. The van der Waals surface area contributed by atoms with E-state index in [1.807, 2.05) is 6.92 Å². The first-order valence-electron chi connectivity index (χ1n) is 5.80. The van der Waals surface area contributed by atoms with Crippen LogP contribution < -0.4 is 14.8 Å². The lowest BCUT2D eigenvalue weighted by Gasteiger charge is -2.11. The molecule has 5 nitrogen and oxygen atoms in total. The quantitative estimate of drug-likeness (QED) is 0.756. The van der Waals surface area contributed by atoms with Gasteiger partial charge in [-0.05, 0) is 19.1 Å². The number of amides is 1. The Bertz CT molecular complexity index is 393. The van der Waals surface area contributed by atoms with Crippen molar-refractivity contribution in [1.29, 1.82) is 0 Å². The summed E-state index contributed by atoms with van der Waals surface area (Å²) in [6, 6.07) is 5.23. The predicted molar refractivity (Wildman–Crippen MR) is 69.3 cm³/mol. The molecule has 0 saturated carbocycles. The van der Waals surface area contributed by atoms with E-state index < -0.39 is 0 Å². The molecule has 0 aliphatic carbocycles. The lowest BCUT2D eigenvalue weighted by atomic mass is 10.2. The first kappa shape index (κ1) is 14.3. The van der Waals surface area contributed by atoms with Crippen LogP contribution in [0.2, 0.25) is 0 Å². The third-order valence-corrected chi connectivity index (χ3v) is 2.36. The second-order valence-electron chi connectivity index (χ2n) is 3.56. The van der Waals surface area contributed by atoms with Crippen LogP contribution in [0.1, 0.15) is 13.3 Å². The zero-order valence-corrected chi connectivity index (χ0v) is 11.0. The number of nitrogens with one attached hydrogen (secondary N) is 1. The van der Waals surface area contributed by atoms with Gasteiger partial charge in [0.25, 0.3) is 0 Å². The Hall–Kier alpha value is -1.75. The van der Waals surface area contributed by atoms with Crippen molar-refractivity contribution in [2.45, 2.75) is 13.3 Å². The van der Waals surface area contributed by atoms with E-state index in [0.717, 1.165) is 0 Å². The van der Waals surface area contributed by atoms with Gasteiger partial charge in [0.15, 0.2) is 0 Å². The molecule has 0 atom stereocenters. The van der Waals surface area contributed by atoms with Crippen LogP contribution in [0.4, 0.5) is 5.69 Å². The molecule has 0 fully saturated rings. The van der Waals surface area contributed by atoms with E-state index in [2.05, 4.69) is 5.32 Å². The fourth-order valence-corrected chi connectivity index (χ4v) is 1.42. The zero-order chi connectivity index (χ0) is 13.4. The van der Waals surface area contributed by atoms with E-state index in [-0.39, 0.29) is 5.91 Å². The predicted octanol–water partition coefficient (Wildman–Crippen LogP) is 2.07. The minimum absolute atomic E-state index is 0.105. The molecule has 0 aliphatic heterocycles. The summed E-state index contributed by atoms with van der Waals surface area (Å²) in [5, 5.41) is 2.77. The van der Waals surface area contributed by atoms with E-state index in [1.54, 1.807) is 32.4 Å². The molecule has 0 aromatic heterocycles. The lowest BCUT2D eigenvalue weighted by Crippen LogP contribution is -2.14. The third-order valence-electron chi connectivity index (χ3n) is 2.36. The highest BCUT2D eigenvalue weighted by Crippen LogP contribution is 2.28. The Morgan fingerprint density at radius 1 is 1.28 bits per heavy atom. The van der Waals surface area contributed by atoms with Crippen molar-refractivity contribution < 1.29 is 19.0 Å². The van der Waals surface area contributed by atoms with Crippen molar-refractivity contribution in [3.05, 3.63) is 18.2 Å². The minimum atomic E-state index is -0.105. The number of anilines is 1. The molecule has 0 bridgehead atoms. The molecule has 1 aromatic rings. The highest BCUT2D eigenvalue weighted by Gasteiger charge is 2.08. The van der Waals surface area contributed by atoms with Gasteiger partial charge >= 0.3 is 0 Å². The van der Waals surface area contributed by atoms with Gasteiger partial charge in [-0.25, -0.2) is 0 Å². The molecule has 100 valence electrons. The Labute approximate surface area is 107 Å². The summed E-state index contributed by atoms with van der Waals surface area (Å²) in [5.74, 6) is 1.14. The highest BCUT2D eigenvalue weighted by atomic mass is 16.5. The maximum atomic E-state index is 11.6. The molecule has 1 rings (SSSR count). The number of hydrogen-bond acceptors (Lipinski definition) is 4. The maximum absolute atomic E-state index is 11.6. The molecule has 1 aromatic carbocycles. The van der Waals surface area contributed by atoms with E-state index in [1.165, 1.54) is 0 Å². The lowest BCUT2D eigenvalue weighted by molar-refractivity contribution is -0.117. The fourth-order valence-electron chi connectivity index (χ4n) is 1.42. The van der Waals surface area contributed by atoms with Crippen molar-refractivity contribution in [3.8, 4) is 11.5 Å². The van der Waals surface area contributed by atoms with Gasteiger partial charge in [0.05, 0.1) is 32.9 Å². The molecule has 0 spiro atoms. The standard InChI is InChI=1S/C13H19NO4/c1-4-18-8-7-13(15)14-11-6-5-10(16-2)9-12(11)17-3/h5-6,9H,4,7-8H2,1-3H3,(H,14,15). The normalized spacial score (nSPS) is 9.94. The molecule has 18 heavy (non-hydrogen) atoms. The van der Waals surface area contributed by atoms with Crippen LogP contribution in [0.3, 0.4) is 0 Å². The van der Waals surface area contributed by atoms with Gasteiger partial charge in [-0.3, -0.25) is 4.79 Å². The van der Waals surface area contributed by atoms with Crippen molar-refractivity contribution >= 4 is 11.6 Å². The molecule has 5 heteroatoms. The number of carbonyl (C=O) groups is 1. The molecule has 1 amide bonds. The van der Waals surface area contributed by atoms with Crippen molar-refractivity contribution in [3.63, 3.8) is 0 Å². The smallest absolute Gasteiger partial charge is 0.226 e. The van der Waals surface area contributed by atoms with Gasteiger partial charge in [0, 0.05) is 12.7 Å². The number of carbonyl (C=O) groups excluding carboxylic acids is 1. The Morgan fingerprint density at radius 3 is 2.67 bits per heavy atom. The number of rotatable bonds is 7. The second kappa shape index (κ2) is 7.55. The summed E-state index contributed by atoms with van der Waals surface area (Å²) in [6.07, 6.45) is 0.322. The topological polar surface area (TPSA) is 56.8 Å². The summed E-state index contributed by atoms with van der Waals surface area (Å²) >= 11 is 0. The van der Waals surface area contributed by atoms with E-state index >= 15 is 0 Å². The Balaban J connectivity index is 2.63. The average molecular weight is 253 g/mol.